The lowest BCUT2D eigenvalue weighted by molar-refractivity contribution is -0.140. The molecule has 3 rings (SSSR count). The first kappa shape index (κ1) is 27.7. The van der Waals surface area contributed by atoms with Crippen molar-refractivity contribution >= 4 is 10.0 Å². The van der Waals surface area contributed by atoms with Gasteiger partial charge in [-0.2, -0.15) is 4.31 Å². The molecule has 0 unspecified atom stereocenters. The van der Waals surface area contributed by atoms with Crippen molar-refractivity contribution in [2.24, 2.45) is 0 Å². The zero-order valence-electron chi connectivity index (χ0n) is 21.3. The van der Waals surface area contributed by atoms with Gasteiger partial charge in [-0.1, -0.05) is 54.1 Å². The summed E-state index contributed by atoms with van der Waals surface area (Å²) in [6.45, 7) is 6.95. The summed E-state index contributed by atoms with van der Waals surface area (Å²) in [5.74, 6) is 1.11. The number of rotatable bonds is 14. The molecule has 8 heteroatoms. The van der Waals surface area contributed by atoms with Crippen LogP contribution < -0.4 is 9.47 Å². The average molecular weight is 514 g/mol. The van der Waals surface area contributed by atoms with Gasteiger partial charge in [0.25, 0.3) is 0 Å². The molecular weight excluding hydrogens is 478 g/mol. The molecule has 3 aromatic carbocycles. The Kier molecular flexibility index (Phi) is 10.3. The maximum atomic E-state index is 13.7. The topological polar surface area (TPSA) is 74.3 Å². The standard InChI is InChI=1S/C28H35NO6S/c1-5-33-28(34-6-2)20-29(36(30,31)25-15-12-22(3)13-16-25)19-24-14-17-26(32-4)27(18-24)35-21-23-10-8-7-9-11-23/h7-18,28H,5-6,19-21H2,1-4H3. The van der Waals surface area contributed by atoms with Crippen molar-refractivity contribution < 1.29 is 27.4 Å². The average Bonchev–Trinajstić information content (AvgIpc) is 2.88. The highest BCUT2D eigenvalue weighted by Gasteiger charge is 2.28. The minimum Gasteiger partial charge on any atom is -0.493 e. The molecule has 0 atom stereocenters. The molecule has 36 heavy (non-hydrogen) atoms. The van der Waals surface area contributed by atoms with Crippen molar-refractivity contribution in [3.05, 3.63) is 89.5 Å². The second kappa shape index (κ2) is 13.4. The largest absolute Gasteiger partial charge is 0.493 e. The third kappa shape index (κ3) is 7.54. The molecule has 0 spiro atoms. The summed E-state index contributed by atoms with van der Waals surface area (Å²) < 4.78 is 51.6. The van der Waals surface area contributed by atoms with E-state index in [9.17, 15) is 8.42 Å². The van der Waals surface area contributed by atoms with Crippen LogP contribution in [0.25, 0.3) is 0 Å². The molecule has 0 amide bonds. The molecule has 3 aromatic rings. The predicted molar refractivity (Wildman–Crippen MR) is 140 cm³/mol. The summed E-state index contributed by atoms with van der Waals surface area (Å²) >= 11 is 0. The molecule has 0 N–H and O–H groups in total. The summed E-state index contributed by atoms with van der Waals surface area (Å²) in [7, 11) is -2.25. The lowest BCUT2D eigenvalue weighted by Gasteiger charge is -2.27. The normalized spacial score (nSPS) is 11.7. The second-order valence-electron chi connectivity index (χ2n) is 8.21. The van der Waals surface area contributed by atoms with Gasteiger partial charge in [-0.05, 0) is 56.2 Å². The molecule has 0 fully saturated rings. The molecule has 0 aromatic heterocycles. The van der Waals surface area contributed by atoms with Gasteiger partial charge in [-0.15, -0.1) is 0 Å². The zero-order valence-corrected chi connectivity index (χ0v) is 22.2. The Labute approximate surface area is 214 Å². The molecule has 0 saturated carbocycles. The number of hydrogen-bond donors (Lipinski definition) is 0. The van der Waals surface area contributed by atoms with Crippen molar-refractivity contribution in [1.29, 1.82) is 0 Å². The van der Waals surface area contributed by atoms with E-state index in [1.54, 1.807) is 37.4 Å². The molecule has 0 aliphatic rings. The lowest BCUT2D eigenvalue weighted by Crippen LogP contribution is -2.39. The van der Waals surface area contributed by atoms with E-state index < -0.39 is 16.3 Å². The van der Waals surface area contributed by atoms with Crippen molar-refractivity contribution in [1.82, 2.24) is 4.31 Å². The summed E-state index contributed by atoms with van der Waals surface area (Å²) in [5.41, 5.74) is 2.75. The van der Waals surface area contributed by atoms with E-state index in [1.165, 1.54) is 4.31 Å². The van der Waals surface area contributed by atoms with Crippen LogP contribution in [0.2, 0.25) is 0 Å². The van der Waals surface area contributed by atoms with Gasteiger partial charge in [-0.3, -0.25) is 0 Å². The number of benzene rings is 3. The first-order valence-corrected chi connectivity index (χ1v) is 13.4. The number of hydrogen-bond acceptors (Lipinski definition) is 6. The molecule has 0 bridgehead atoms. The first-order chi connectivity index (χ1) is 17.4. The van der Waals surface area contributed by atoms with Crippen molar-refractivity contribution in [2.45, 2.75) is 45.1 Å². The van der Waals surface area contributed by atoms with Crippen LogP contribution in [-0.4, -0.2) is 45.9 Å². The van der Waals surface area contributed by atoms with E-state index >= 15 is 0 Å². The van der Waals surface area contributed by atoms with Gasteiger partial charge in [0.15, 0.2) is 17.8 Å². The van der Waals surface area contributed by atoms with Crippen molar-refractivity contribution in [3.63, 3.8) is 0 Å². The Morgan fingerprint density at radius 3 is 2.11 bits per heavy atom. The Balaban J connectivity index is 1.90. The highest BCUT2D eigenvalue weighted by atomic mass is 32.2. The Bertz CT molecular complexity index is 1180. The van der Waals surface area contributed by atoms with Gasteiger partial charge in [0, 0.05) is 19.8 Å². The van der Waals surface area contributed by atoms with Crippen LogP contribution in [0.5, 0.6) is 11.5 Å². The third-order valence-electron chi connectivity index (χ3n) is 5.54. The van der Waals surface area contributed by atoms with Crippen LogP contribution in [-0.2, 0) is 32.6 Å². The fourth-order valence-electron chi connectivity index (χ4n) is 3.67. The lowest BCUT2D eigenvalue weighted by atomic mass is 10.2. The summed E-state index contributed by atoms with van der Waals surface area (Å²) in [6, 6.07) is 22.1. The number of sulfonamides is 1. The van der Waals surface area contributed by atoms with Crippen molar-refractivity contribution in [3.8, 4) is 11.5 Å². The number of methoxy groups -OCH3 is 1. The summed E-state index contributed by atoms with van der Waals surface area (Å²) in [5, 5.41) is 0. The Hall–Kier alpha value is -2.91. The summed E-state index contributed by atoms with van der Waals surface area (Å²) in [6.07, 6.45) is -0.688. The van der Waals surface area contributed by atoms with Crippen molar-refractivity contribution in [2.75, 3.05) is 26.9 Å². The molecule has 7 nitrogen and oxygen atoms in total. The zero-order chi connectivity index (χ0) is 26.0. The molecule has 0 aliphatic heterocycles. The SMILES string of the molecule is CCOC(CN(Cc1ccc(OC)c(OCc2ccccc2)c1)S(=O)(=O)c1ccc(C)cc1)OCC. The van der Waals surface area contributed by atoms with E-state index in [1.807, 2.05) is 63.2 Å². The van der Waals surface area contributed by atoms with Crippen LogP contribution >= 0.6 is 0 Å². The number of nitrogens with zero attached hydrogens (tertiary/aromatic N) is 1. The van der Waals surface area contributed by atoms with Gasteiger partial charge < -0.3 is 18.9 Å². The van der Waals surface area contributed by atoms with Gasteiger partial charge >= 0.3 is 0 Å². The van der Waals surface area contributed by atoms with Gasteiger partial charge in [0.05, 0.1) is 18.6 Å². The highest BCUT2D eigenvalue weighted by molar-refractivity contribution is 7.89. The first-order valence-electron chi connectivity index (χ1n) is 12.0. The number of ether oxygens (including phenoxy) is 4. The maximum Gasteiger partial charge on any atom is 0.243 e. The molecular formula is C28H35NO6S. The van der Waals surface area contributed by atoms with Gasteiger partial charge in [0.2, 0.25) is 10.0 Å². The molecule has 194 valence electrons. The summed E-state index contributed by atoms with van der Waals surface area (Å²) in [4.78, 5) is 0.217. The van der Waals surface area contributed by atoms with E-state index in [2.05, 4.69) is 0 Å². The van der Waals surface area contributed by atoms with Crippen LogP contribution in [0.4, 0.5) is 0 Å². The highest BCUT2D eigenvalue weighted by Crippen LogP contribution is 2.30. The molecule has 0 heterocycles. The Morgan fingerprint density at radius 1 is 0.833 bits per heavy atom. The maximum absolute atomic E-state index is 13.7. The van der Waals surface area contributed by atoms with Crippen LogP contribution in [0.15, 0.2) is 77.7 Å². The molecule has 0 saturated heterocycles. The smallest absolute Gasteiger partial charge is 0.243 e. The van der Waals surface area contributed by atoms with Crippen LogP contribution in [0, 0.1) is 6.92 Å². The van der Waals surface area contributed by atoms with Gasteiger partial charge in [0.1, 0.15) is 6.61 Å². The second-order valence-corrected chi connectivity index (χ2v) is 10.1. The van der Waals surface area contributed by atoms with Crippen LogP contribution in [0.1, 0.15) is 30.5 Å². The molecule has 0 radical (unpaired) electrons. The van der Waals surface area contributed by atoms with Crippen LogP contribution in [0.3, 0.4) is 0 Å². The number of aryl methyl sites for hydroxylation is 1. The fraction of sp³-hybridized carbons (Fsp3) is 0.357. The van der Waals surface area contributed by atoms with E-state index in [0.717, 1.165) is 16.7 Å². The third-order valence-corrected chi connectivity index (χ3v) is 7.37. The molecule has 0 aliphatic carbocycles. The minimum absolute atomic E-state index is 0.0458. The Morgan fingerprint density at radius 2 is 1.50 bits per heavy atom. The predicted octanol–water partition coefficient (Wildman–Crippen LogP) is 5.17. The van der Waals surface area contributed by atoms with Gasteiger partial charge in [-0.25, -0.2) is 8.42 Å². The quantitative estimate of drug-likeness (QED) is 0.277. The monoisotopic (exact) mass is 513 g/mol. The minimum atomic E-state index is -3.83. The van der Waals surface area contributed by atoms with E-state index in [4.69, 9.17) is 18.9 Å². The van der Waals surface area contributed by atoms with E-state index in [-0.39, 0.29) is 18.0 Å². The van der Waals surface area contributed by atoms with E-state index in [0.29, 0.717) is 31.3 Å². The fourth-order valence-corrected chi connectivity index (χ4v) is 5.08.